The molecule has 0 bridgehead atoms. The number of rotatable bonds is 5. The lowest BCUT2D eigenvalue weighted by atomic mass is 9.91. The van der Waals surface area contributed by atoms with Crippen molar-refractivity contribution in [3.8, 4) is 28.7 Å². The van der Waals surface area contributed by atoms with E-state index in [1.54, 1.807) is 6.07 Å². The summed E-state index contributed by atoms with van der Waals surface area (Å²) in [5.41, 5.74) is 3.37. The fourth-order valence-electron chi connectivity index (χ4n) is 3.56. The van der Waals surface area contributed by atoms with Crippen molar-refractivity contribution in [3.05, 3.63) is 63.8 Å². The van der Waals surface area contributed by atoms with Crippen LogP contribution in [0.3, 0.4) is 0 Å². The van der Waals surface area contributed by atoms with Crippen molar-refractivity contribution < 1.29 is 30.0 Å². The van der Waals surface area contributed by atoms with Crippen LogP contribution >= 0.6 is 0 Å². The maximum absolute atomic E-state index is 12.9. The van der Waals surface area contributed by atoms with Gasteiger partial charge in [0.25, 0.3) is 0 Å². The average molecular weight is 424 g/mol. The third kappa shape index (κ3) is 4.68. The Hall–Kier alpha value is -3.41. The number of ether oxygens (including phenoxy) is 1. The van der Waals surface area contributed by atoms with E-state index in [4.69, 9.17) is 4.74 Å². The topological polar surface area (TPSA) is 107 Å². The Kier molecular flexibility index (Phi) is 6.29. The van der Waals surface area contributed by atoms with E-state index < -0.39 is 6.10 Å². The number of ketones is 1. The molecule has 2 aromatic rings. The minimum atomic E-state index is -0.812. The van der Waals surface area contributed by atoms with Crippen LogP contribution in [0, 0.1) is 0 Å². The first-order chi connectivity index (χ1) is 14.6. The van der Waals surface area contributed by atoms with Crippen LogP contribution in [-0.4, -0.2) is 26.2 Å². The maximum Gasteiger partial charge on any atom is 0.174 e. The minimum absolute atomic E-state index is 0.0363. The fourth-order valence-corrected chi connectivity index (χ4v) is 3.56. The van der Waals surface area contributed by atoms with Gasteiger partial charge in [-0.05, 0) is 52.2 Å². The van der Waals surface area contributed by atoms with Crippen LogP contribution in [0.15, 0.2) is 41.5 Å². The van der Waals surface area contributed by atoms with Crippen molar-refractivity contribution in [2.24, 2.45) is 0 Å². The van der Waals surface area contributed by atoms with Gasteiger partial charge in [-0.15, -0.1) is 0 Å². The number of phenolic OH excluding ortho intramolecular Hbond substituents is 4. The van der Waals surface area contributed by atoms with Gasteiger partial charge >= 0.3 is 0 Å². The molecule has 31 heavy (non-hydrogen) atoms. The Labute approximate surface area is 181 Å². The molecule has 0 spiro atoms. The SMILES string of the molecule is CC(C)=CCc1cc([C@@H]2CC(=O)c3c(cc(O)c(CC=C(C)C)c3O)O2)c(O)cc1O. The largest absolute Gasteiger partial charge is 0.508 e. The molecule has 0 amide bonds. The number of hydrogen-bond donors (Lipinski definition) is 4. The van der Waals surface area contributed by atoms with Gasteiger partial charge in [0.15, 0.2) is 5.78 Å². The van der Waals surface area contributed by atoms with Crippen molar-refractivity contribution in [3.63, 3.8) is 0 Å². The summed E-state index contributed by atoms with van der Waals surface area (Å²) in [4.78, 5) is 12.9. The highest BCUT2D eigenvalue weighted by molar-refractivity contribution is 6.03. The van der Waals surface area contributed by atoms with Gasteiger partial charge in [0.1, 0.15) is 40.4 Å². The van der Waals surface area contributed by atoms with Gasteiger partial charge in [0.05, 0.1) is 6.42 Å². The molecule has 6 heteroatoms. The molecule has 1 atom stereocenters. The monoisotopic (exact) mass is 424 g/mol. The number of carbonyl (C=O) groups is 1. The summed E-state index contributed by atoms with van der Waals surface area (Å²) in [5, 5.41) is 41.6. The second-order valence-electron chi connectivity index (χ2n) is 8.34. The molecule has 0 aliphatic carbocycles. The van der Waals surface area contributed by atoms with Crippen LogP contribution in [0.2, 0.25) is 0 Å². The predicted octanol–water partition coefficient (Wildman–Crippen LogP) is 5.23. The summed E-state index contributed by atoms with van der Waals surface area (Å²) in [7, 11) is 0. The lowest BCUT2D eigenvalue weighted by molar-refractivity contribution is 0.0841. The zero-order valence-corrected chi connectivity index (χ0v) is 18.2. The highest BCUT2D eigenvalue weighted by Gasteiger charge is 2.34. The Balaban J connectivity index is 2.00. The lowest BCUT2D eigenvalue weighted by Crippen LogP contribution is -2.21. The van der Waals surface area contributed by atoms with Gasteiger partial charge in [-0.3, -0.25) is 4.79 Å². The van der Waals surface area contributed by atoms with Crippen LogP contribution in [0.25, 0.3) is 0 Å². The molecular formula is C25H28O6. The first-order valence-corrected chi connectivity index (χ1v) is 10.2. The molecule has 0 saturated heterocycles. The summed E-state index contributed by atoms with van der Waals surface area (Å²) < 4.78 is 5.92. The highest BCUT2D eigenvalue weighted by atomic mass is 16.5. The Bertz CT molecular complexity index is 1090. The summed E-state index contributed by atoms with van der Waals surface area (Å²) in [6, 6.07) is 4.19. The van der Waals surface area contributed by atoms with Crippen molar-refractivity contribution in [2.45, 2.75) is 53.1 Å². The van der Waals surface area contributed by atoms with Crippen LogP contribution in [-0.2, 0) is 12.8 Å². The lowest BCUT2D eigenvalue weighted by Gasteiger charge is -2.28. The van der Waals surface area contributed by atoms with Crippen LogP contribution < -0.4 is 4.74 Å². The molecule has 164 valence electrons. The van der Waals surface area contributed by atoms with E-state index in [2.05, 4.69) is 0 Å². The van der Waals surface area contributed by atoms with Crippen LogP contribution in [0.4, 0.5) is 0 Å². The number of aromatic hydroxyl groups is 4. The van der Waals surface area contributed by atoms with Gasteiger partial charge < -0.3 is 25.2 Å². The molecule has 0 radical (unpaired) electrons. The van der Waals surface area contributed by atoms with Gasteiger partial charge in [0.2, 0.25) is 0 Å². The highest BCUT2D eigenvalue weighted by Crippen LogP contribution is 2.46. The fraction of sp³-hybridized carbons (Fsp3) is 0.320. The number of carbonyl (C=O) groups excluding carboxylic acids is 1. The first-order valence-electron chi connectivity index (χ1n) is 10.2. The number of allylic oxidation sites excluding steroid dienone is 4. The summed E-state index contributed by atoms with van der Waals surface area (Å²) in [5.74, 6) is -0.957. The quantitative estimate of drug-likeness (QED) is 0.490. The van der Waals surface area contributed by atoms with E-state index in [0.717, 1.165) is 11.1 Å². The molecule has 1 heterocycles. The number of benzene rings is 2. The van der Waals surface area contributed by atoms with E-state index in [0.29, 0.717) is 17.5 Å². The van der Waals surface area contributed by atoms with E-state index in [9.17, 15) is 25.2 Å². The molecule has 1 aliphatic rings. The molecule has 2 aromatic carbocycles. The normalized spacial score (nSPS) is 15.1. The molecule has 0 fully saturated rings. The molecule has 0 aromatic heterocycles. The van der Waals surface area contributed by atoms with E-state index >= 15 is 0 Å². The molecule has 6 nitrogen and oxygen atoms in total. The number of hydrogen-bond acceptors (Lipinski definition) is 6. The van der Waals surface area contributed by atoms with Gasteiger partial charge in [0, 0.05) is 23.3 Å². The number of phenols is 4. The number of Topliss-reactive ketones (excluding diaryl/α,β-unsaturated/α-hetero) is 1. The van der Waals surface area contributed by atoms with Crippen molar-refractivity contribution in [1.82, 2.24) is 0 Å². The molecule has 0 saturated carbocycles. The molecule has 0 unspecified atom stereocenters. The minimum Gasteiger partial charge on any atom is -0.508 e. The predicted molar refractivity (Wildman–Crippen MR) is 118 cm³/mol. The van der Waals surface area contributed by atoms with E-state index in [1.807, 2.05) is 39.8 Å². The molecular weight excluding hydrogens is 396 g/mol. The van der Waals surface area contributed by atoms with Crippen molar-refractivity contribution in [1.29, 1.82) is 0 Å². The molecule has 3 rings (SSSR count). The van der Waals surface area contributed by atoms with Crippen molar-refractivity contribution >= 4 is 5.78 Å². The third-order valence-corrected chi connectivity index (χ3v) is 5.28. The Morgan fingerprint density at radius 2 is 1.58 bits per heavy atom. The van der Waals surface area contributed by atoms with Crippen LogP contribution in [0.5, 0.6) is 28.7 Å². The van der Waals surface area contributed by atoms with Crippen molar-refractivity contribution in [2.75, 3.05) is 0 Å². The average Bonchev–Trinajstić information content (AvgIpc) is 2.66. The van der Waals surface area contributed by atoms with Crippen LogP contribution in [0.1, 0.15) is 67.3 Å². The molecule has 1 aliphatic heterocycles. The van der Waals surface area contributed by atoms with Gasteiger partial charge in [-0.25, -0.2) is 0 Å². The Morgan fingerprint density at radius 3 is 2.23 bits per heavy atom. The van der Waals surface area contributed by atoms with E-state index in [1.165, 1.54) is 12.1 Å². The Morgan fingerprint density at radius 1 is 0.935 bits per heavy atom. The summed E-state index contributed by atoms with van der Waals surface area (Å²) in [6.07, 6.45) is 3.65. The standard InChI is InChI=1S/C25H28O6/c1-13(2)5-7-15-9-17(19(27)10-18(15)26)22-12-21(29)24-23(31-22)11-20(28)16(25(24)30)8-6-14(3)4/h5-6,9-11,22,26-28,30H,7-8,12H2,1-4H3/t22-/m0/s1. The second kappa shape index (κ2) is 8.76. The summed E-state index contributed by atoms with van der Waals surface area (Å²) in [6.45, 7) is 7.70. The number of fused-ring (bicyclic) bond motifs is 1. The third-order valence-electron chi connectivity index (χ3n) is 5.28. The zero-order chi connectivity index (χ0) is 22.9. The maximum atomic E-state index is 12.9. The molecule has 4 N–H and O–H groups in total. The van der Waals surface area contributed by atoms with Gasteiger partial charge in [-0.1, -0.05) is 23.3 Å². The smallest absolute Gasteiger partial charge is 0.174 e. The first kappa shape index (κ1) is 22.3. The summed E-state index contributed by atoms with van der Waals surface area (Å²) >= 11 is 0. The van der Waals surface area contributed by atoms with E-state index in [-0.39, 0.29) is 58.5 Å². The second-order valence-corrected chi connectivity index (χ2v) is 8.34. The zero-order valence-electron chi connectivity index (χ0n) is 18.2. The van der Waals surface area contributed by atoms with Gasteiger partial charge in [-0.2, -0.15) is 0 Å².